The Hall–Kier alpha value is -2.29. The second-order valence-electron chi connectivity index (χ2n) is 6.24. The number of anilines is 2. The number of benzene rings is 2. The number of carbonyl (C=O) groups is 1. The Kier molecular flexibility index (Phi) is 4.65. The fourth-order valence-corrected chi connectivity index (χ4v) is 3.19. The van der Waals surface area contributed by atoms with Gasteiger partial charge in [-0.05, 0) is 42.0 Å². The molecule has 1 N–H and O–H groups in total. The normalized spacial score (nSPS) is 14.4. The molecule has 2 aromatic rings. The number of nitrogens with one attached hydrogen (secondary N) is 1. The number of fused-ring (bicyclic) bond motifs is 1. The number of hydrogen-bond acceptors (Lipinski definition) is 2. The molecule has 120 valence electrons. The highest BCUT2D eigenvalue weighted by atomic mass is 16.2. The third kappa shape index (κ3) is 3.39. The molecule has 1 aliphatic heterocycles. The van der Waals surface area contributed by atoms with Crippen LogP contribution >= 0.6 is 0 Å². The lowest BCUT2D eigenvalue weighted by Crippen LogP contribution is -2.32. The van der Waals surface area contributed by atoms with Gasteiger partial charge in [-0.25, -0.2) is 0 Å². The molecule has 1 atom stereocenters. The zero-order valence-electron chi connectivity index (χ0n) is 13.9. The maximum atomic E-state index is 12.5. The minimum Gasteiger partial charge on any atom is -0.362 e. The smallest absolute Gasteiger partial charge is 0.243 e. The van der Waals surface area contributed by atoms with E-state index in [0.29, 0.717) is 12.5 Å². The van der Waals surface area contributed by atoms with Crippen LogP contribution in [0, 0.1) is 0 Å². The zero-order chi connectivity index (χ0) is 16.2. The third-order valence-corrected chi connectivity index (χ3v) is 4.70. The van der Waals surface area contributed by atoms with Gasteiger partial charge in [0.1, 0.15) is 0 Å². The summed E-state index contributed by atoms with van der Waals surface area (Å²) in [6.45, 7) is 5.69. The largest absolute Gasteiger partial charge is 0.362 e. The Morgan fingerprint density at radius 3 is 2.74 bits per heavy atom. The molecular weight excluding hydrogens is 284 g/mol. The summed E-state index contributed by atoms with van der Waals surface area (Å²) >= 11 is 0. The molecule has 2 aromatic carbocycles. The van der Waals surface area contributed by atoms with Gasteiger partial charge in [0.05, 0.1) is 6.54 Å². The Labute approximate surface area is 138 Å². The van der Waals surface area contributed by atoms with Crippen LogP contribution in [-0.2, 0) is 11.2 Å². The van der Waals surface area contributed by atoms with Crippen molar-refractivity contribution in [3.05, 3.63) is 59.7 Å². The first-order valence-corrected chi connectivity index (χ1v) is 8.40. The zero-order valence-corrected chi connectivity index (χ0v) is 13.9. The Bertz CT molecular complexity index is 696. The molecule has 0 saturated carbocycles. The topological polar surface area (TPSA) is 32.3 Å². The Balaban J connectivity index is 1.69. The van der Waals surface area contributed by atoms with Gasteiger partial charge in [0.25, 0.3) is 0 Å². The molecule has 23 heavy (non-hydrogen) atoms. The van der Waals surface area contributed by atoms with Crippen molar-refractivity contribution in [1.29, 1.82) is 0 Å². The van der Waals surface area contributed by atoms with Crippen molar-refractivity contribution in [3.8, 4) is 0 Å². The number of carbonyl (C=O) groups excluding carboxylic acids is 1. The Morgan fingerprint density at radius 1 is 1.17 bits per heavy atom. The van der Waals surface area contributed by atoms with Gasteiger partial charge in [0.15, 0.2) is 0 Å². The van der Waals surface area contributed by atoms with Crippen molar-refractivity contribution in [2.24, 2.45) is 0 Å². The summed E-state index contributed by atoms with van der Waals surface area (Å²) in [6, 6.07) is 16.5. The minimum atomic E-state index is 0.0532. The molecule has 0 unspecified atom stereocenters. The highest BCUT2D eigenvalue weighted by Gasteiger charge is 2.21. The molecule has 1 heterocycles. The maximum absolute atomic E-state index is 12.5. The van der Waals surface area contributed by atoms with Crippen molar-refractivity contribution in [1.82, 2.24) is 0 Å². The van der Waals surface area contributed by atoms with Gasteiger partial charge in [-0.15, -0.1) is 0 Å². The van der Waals surface area contributed by atoms with Crippen molar-refractivity contribution in [3.63, 3.8) is 0 Å². The van der Waals surface area contributed by atoms with Crippen LogP contribution < -0.4 is 10.2 Å². The SMILES string of the molecule is CC[C@H](C)c1ccccc1NC(=O)CN1CCc2ccccc21. The van der Waals surface area contributed by atoms with E-state index in [4.69, 9.17) is 0 Å². The number of hydrogen-bond donors (Lipinski definition) is 1. The van der Waals surface area contributed by atoms with Crippen LogP contribution in [0.25, 0.3) is 0 Å². The minimum absolute atomic E-state index is 0.0532. The first kappa shape index (κ1) is 15.6. The van der Waals surface area contributed by atoms with Gasteiger partial charge in [-0.3, -0.25) is 4.79 Å². The highest BCUT2D eigenvalue weighted by Crippen LogP contribution is 2.28. The van der Waals surface area contributed by atoms with Gasteiger partial charge in [0.2, 0.25) is 5.91 Å². The van der Waals surface area contributed by atoms with Crippen LogP contribution in [-0.4, -0.2) is 19.0 Å². The van der Waals surface area contributed by atoms with E-state index in [1.807, 2.05) is 24.3 Å². The summed E-state index contributed by atoms with van der Waals surface area (Å²) < 4.78 is 0. The van der Waals surface area contributed by atoms with Crippen molar-refractivity contribution in [2.75, 3.05) is 23.3 Å². The summed E-state index contributed by atoms with van der Waals surface area (Å²) in [4.78, 5) is 14.7. The van der Waals surface area contributed by atoms with E-state index in [2.05, 4.69) is 48.3 Å². The third-order valence-electron chi connectivity index (χ3n) is 4.70. The average Bonchev–Trinajstić information content (AvgIpc) is 2.98. The van der Waals surface area contributed by atoms with E-state index in [-0.39, 0.29) is 5.91 Å². The van der Waals surface area contributed by atoms with Gasteiger partial charge in [-0.1, -0.05) is 50.2 Å². The summed E-state index contributed by atoms with van der Waals surface area (Å²) in [5, 5.41) is 3.10. The first-order valence-electron chi connectivity index (χ1n) is 8.40. The second kappa shape index (κ2) is 6.86. The van der Waals surface area contributed by atoms with E-state index in [1.165, 1.54) is 16.8 Å². The van der Waals surface area contributed by atoms with Gasteiger partial charge < -0.3 is 10.2 Å². The van der Waals surface area contributed by atoms with E-state index in [1.54, 1.807) is 0 Å². The number of nitrogens with zero attached hydrogens (tertiary/aromatic N) is 1. The van der Waals surface area contributed by atoms with Crippen LogP contribution in [0.2, 0.25) is 0 Å². The summed E-state index contributed by atoms with van der Waals surface area (Å²) in [7, 11) is 0. The van der Waals surface area contributed by atoms with Crippen LogP contribution in [0.3, 0.4) is 0 Å². The number of amides is 1. The maximum Gasteiger partial charge on any atom is 0.243 e. The van der Waals surface area contributed by atoms with Crippen molar-refractivity contribution >= 4 is 17.3 Å². The van der Waals surface area contributed by atoms with Crippen LogP contribution in [0.4, 0.5) is 11.4 Å². The second-order valence-corrected chi connectivity index (χ2v) is 6.24. The van der Waals surface area contributed by atoms with Crippen molar-refractivity contribution < 1.29 is 4.79 Å². The Morgan fingerprint density at radius 2 is 1.91 bits per heavy atom. The summed E-state index contributed by atoms with van der Waals surface area (Å²) in [5.74, 6) is 0.497. The molecule has 1 aliphatic rings. The molecule has 0 aromatic heterocycles. The first-order chi connectivity index (χ1) is 11.2. The van der Waals surface area contributed by atoms with Gasteiger partial charge in [0, 0.05) is 17.9 Å². The molecule has 0 fully saturated rings. The van der Waals surface area contributed by atoms with Crippen LogP contribution in [0.15, 0.2) is 48.5 Å². The molecule has 3 heteroatoms. The predicted octanol–water partition coefficient (Wildman–Crippen LogP) is 4.20. The lowest BCUT2D eigenvalue weighted by atomic mass is 9.97. The van der Waals surface area contributed by atoms with Crippen molar-refractivity contribution in [2.45, 2.75) is 32.6 Å². The number of para-hydroxylation sites is 2. The van der Waals surface area contributed by atoms with E-state index >= 15 is 0 Å². The predicted molar refractivity (Wildman–Crippen MR) is 96.1 cm³/mol. The van der Waals surface area contributed by atoms with Gasteiger partial charge in [-0.2, -0.15) is 0 Å². The van der Waals surface area contributed by atoms with E-state index in [0.717, 1.165) is 25.1 Å². The van der Waals surface area contributed by atoms with Gasteiger partial charge >= 0.3 is 0 Å². The molecule has 0 bridgehead atoms. The van der Waals surface area contributed by atoms with Crippen LogP contribution in [0.5, 0.6) is 0 Å². The fourth-order valence-electron chi connectivity index (χ4n) is 3.19. The standard InChI is InChI=1S/C20H24N2O/c1-3-15(2)17-9-5-6-10-18(17)21-20(23)14-22-13-12-16-8-4-7-11-19(16)22/h4-11,15H,3,12-14H2,1-2H3,(H,21,23)/t15-/m0/s1. The highest BCUT2D eigenvalue weighted by molar-refractivity contribution is 5.95. The molecule has 0 radical (unpaired) electrons. The quantitative estimate of drug-likeness (QED) is 0.897. The fraction of sp³-hybridized carbons (Fsp3) is 0.350. The molecule has 3 rings (SSSR count). The molecule has 0 spiro atoms. The lowest BCUT2D eigenvalue weighted by molar-refractivity contribution is -0.115. The average molecular weight is 308 g/mol. The summed E-state index contributed by atoms with van der Waals surface area (Å²) in [6.07, 6.45) is 2.08. The lowest BCUT2D eigenvalue weighted by Gasteiger charge is -2.20. The van der Waals surface area contributed by atoms with E-state index < -0.39 is 0 Å². The van der Waals surface area contributed by atoms with Crippen LogP contribution in [0.1, 0.15) is 37.3 Å². The molecule has 1 amide bonds. The molecule has 0 saturated heterocycles. The van der Waals surface area contributed by atoms with E-state index in [9.17, 15) is 4.79 Å². The number of rotatable bonds is 5. The molecule has 0 aliphatic carbocycles. The monoisotopic (exact) mass is 308 g/mol. The summed E-state index contributed by atoms with van der Waals surface area (Å²) in [5.41, 5.74) is 4.68. The molecular formula is C20H24N2O. The molecule has 3 nitrogen and oxygen atoms in total.